The first kappa shape index (κ1) is 19.4. The molecule has 3 N–H and O–H groups in total. The zero-order chi connectivity index (χ0) is 19.3. The molecule has 0 aromatic heterocycles. The number of hydrogen-bond acceptors (Lipinski definition) is 5. The number of carbonyl (C=O) groups is 2. The van der Waals surface area contributed by atoms with E-state index < -0.39 is 0 Å². The Kier molecular flexibility index (Phi) is 6.24. The van der Waals surface area contributed by atoms with Gasteiger partial charge in [-0.25, -0.2) is 0 Å². The molecular formula is C21H30N4O3. The summed E-state index contributed by atoms with van der Waals surface area (Å²) in [6, 6.07) is 7.74. The Hall–Kier alpha value is -1.96. The van der Waals surface area contributed by atoms with E-state index in [1.165, 1.54) is 25.7 Å². The van der Waals surface area contributed by atoms with E-state index in [1.54, 1.807) is 0 Å². The molecule has 1 aromatic rings. The Bertz CT molecular complexity index is 673. The monoisotopic (exact) mass is 386 g/mol. The number of carbonyl (C=O) groups excluding carboxylic acids is 2. The minimum Gasteiger partial charge on any atom is -0.379 e. The van der Waals surface area contributed by atoms with Crippen molar-refractivity contribution in [1.29, 1.82) is 0 Å². The van der Waals surface area contributed by atoms with Gasteiger partial charge in [0.2, 0.25) is 11.8 Å². The molecule has 1 saturated carbocycles. The van der Waals surface area contributed by atoms with Crippen LogP contribution in [0, 0.1) is 5.92 Å². The summed E-state index contributed by atoms with van der Waals surface area (Å²) in [7, 11) is 0. The normalized spacial score (nSPS) is 27.8. The van der Waals surface area contributed by atoms with Gasteiger partial charge in [-0.05, 0) is 49.4 Å². The zero-order valence-electron chi connectivity index (χ0n) is 16.3. The van der Waals surface area contributed by atoms with Crippen LogP contribution in [0.2, 0.25) is 0 Å². The number of ether oxygens (including phenoxy) is 1. The van der Waals surface area contributed by atoms with Gasteiger partial charge in [0.15, 0.2) is 0 Å². The van der Waals surface area contributed by atoms with Gasteiger partial charge in [-0.2, -0.15) is 0 Å². The predicted molar refractivity (Wildman–Crippen MR) is 108 cm³/mol. The number of morpholine rings is 1. The van der Waals surface area contributed by atoms with Gasteiger partial charge in [0.1, 0.15) is 0 Å². The lowest BCUT2D eigenvalue weighted by Gasteiger charge is -2.25. The summed E-state index contributed by atoms with van der Waals surface area (Å²) in [4.78, 5) is 26.8. The second-order valence-electron chi connectivity index (χ2n) is 8.11. The molecule has 0 radical (unpaired) electrons. The number of nitrogens with one attached hydrogen (secondary N) is 3. The number of hydrogen-bond donors (Lipinski definition) is 3. The van der Waals surface area contributed by atoms with Crippen LogP contribution in [0.3, 0.4) is 0 Å². The van der Waals surface area contributed by atoms with E-state index in [1.807, 2.05) is 24.3 Å². The highest BCUT2D eigenvalue weighted by atomic mass is 16.5. The van der Waals surface area contributed by atoms with Crippen LogP contribution in [0.15, 0.2) is 24.3 Å². The molecule has 2 aliphatic heterocycles. The number of nitrogens with zero attached hydrogens (tertiary/aromatic N) is 1. The van der Waals surface area contributed by atoms with Gasteiger partial charge in [0.25, 0.3) is 0 Å². The molecule has 2 saturated heterocycles. The molecule has 7 heteroatoms. The molecule has 0 spiro atoms. The number of benzene rings is 1. The molecule has 3 aliphatic rings. The molecule has 0 bridgehead atoms. The van der Waals surface area contributed by atoms with Crippen molar-refractivity contribution in [1.82, 2.24) is 10.2 Å². The second-order valence-corrected chi connectivity index (χ2v) is 8.11. The number of rotatable bonds is 5. The van der Waals surface area contributed by atoms with Gasteiger partial charge in [0.05, 0.1) is 25.8 Å². The van der Waals surface area contributed by atoms with Crippen LogP contribution in [0.1, 0.15) is 32.1 Å². The summed E-state index contributed by atoms with van der Waals surface area (Å²) in [5.74, 6) is 0.656. The topological polar surface area (TPSA) is 82.7 Å². The van der Waals surface area contributed by atoms with Crippen molar-refractivity contribution >= 4 is 23.2 Å². The summed E-state index contributed by atoms with van der Waals surface area (Å²) in [5, 5.41) is 9.42. The summed E-state index contributed by atoms with van der Waals surface area (Å²) < 4.78 is 5.30. The molecule has 3 fully saturated rings. The third kappa shape index (κ3) is 4.90. The molecule has 1 aliphatic carbocycles. The Morgan fingerprint density at radius 1 is 1.04 bits per heavy atom. The van der Waals surface area contributed by atoms with Crippen LogP contribution >= 0.6 is 0 Å². The smallest absolute Gasteiger partial charge is 0.241 e. The van der Waals surface area contributed by atoms with Gasteiger partial charge < -0.3 is 20.7 Å². The fraction of sp³-hybridized carbons (Fsp3) is 0.619. The third-order valence-corrected chi connectivity index (χ3v) is 6.09. The molecule has 2 heterocycles. The molecule has 152 valence electrons. The van der Waals surface area contributed by atoms with Crippen molar-refractivity contribution in [3.63, 3.8) is 0 Å². The van der Waals surface area contributed by atoms with Gasteiger partial charge >= 0.3 is 0 Å². The van der Waals surface area contributed by atoms with Crippen LogP contribution in [0.4, 0.5) is 11.4 Å². The van der Waals surface area contributed by atoms with Crippen molar-refractivity contribution in [2.75, 3.05) is 43.5 Å². The van der Waals surface area contributed by atoms with E-state index in [0.29, 0.717) is 31.7 Å². The van der Waals surface area contributed by atoms with Crippen LogP contribution < -0.4 is 16.0 Å². The van der Waals surface area contributed by atoms with Crippen LogP contribution in [-0.4, -0.2) is 61.6 Å². The molecule has 1 aromatic carbocycles. The van der Waals surface area contributed by atoms with E-state index in [0.717, 1.165) is 30.9 Å². The second kappa shape index (κ2) is 9.03. The van der Waals surface area contributed by atoms with Crippen molar-refractivity contribution in [2.45, 2.75) is 44.2 Å². The lowest BCUT2D eigenvalue weighted by molar-refractivity contribution is -0.118. The Morgan fingerprint density at radius 3 is 2.43 bits per heavy atom. The fourth-order valence-electron chi connectivity index (χ4n) is 4.55. The van der Waals surface area contributed by atoms with Gasteiger partial charge in [-0.1, -0.05) is 12.8 Å². The quantitative estimate of drug-likeness (QED) is 0.719. The number of amides is 2. The minimum absolute atomic E-state index is 0.0311. The first-order valence-electron chi connectivity index (χ1n) is 10.4. The lowest BCUT2D eigenvalue weighted by atomic mass is 9.85. The third-order valence-electron chi connectivity index (χ3n) is 6.09. The van der Waals surface area contributed by atoms with Crippen LogP contribution in [-0.2, 0) is 14.3 Å². The molecule has 3 atom stereocenters. The van der Waals surface area contributed by atoms with Crippen molar-refractivity contribution in [2.24, 2.45) is 5.92 Å². The van der Waals surface area contributed by atoms with Crippen LogP contribution in [0.25, 0.3) is 0 Å². The van der Waals surface area contributed by atoms with Gasteiger partial charge in [-0.15, -0.1) is 0 Å². The van der Waals surface area contributed by atoms with Crippen molar-refractivity contribution in [3.05, 3.63) is 24.3 Å². The molecular weight excluding hydrogens is 356 g/mol. The maximum absolute atomic E-state index is 12.6. The highest BCUT2D eigenvalue weighted by molar-refractivity contribution is 5.96. The molecule has 7 nitrogen and oxygen atoms in total. The van der Waals surface area contributed by atoms with Gasteiger partial charge in [0, 0.05) is 30.5 Å². The van der Waals surface area contributed by atoms with E-state index in [2.05, 4.69) is 20.9 Å². The SMILES string of the molecule is O=C(CN1CCOCC1)Nc1ccc(NC(=O)C2CC3CCCCC3N2)cc1. The summed E-state index contributed by atoms with van der Waals surface area (Å²) >= 11 is 0. The van der Waals surface area contributed by atoms with Crippen LogP contribution in [0.5, 0.6) is 0 Å². The average Bonchev–Trinajstić information content (AvgIpc) is 3.15. The maximum Gasteiger partial charge on any atom is 0.241 e. The van der Waals surface area contributed by atoms with Crippen molar-refractivity contribution < 1.29 is 14.3 Å². The standard InChI is InChI=1S/C21H30N4O3/c26-20(14-25-9-11-28-12-10-25)22-16-5-7-17(8-6-16)23-21(27)19-13-15-3-1-2-4-18(15)24-19/h5-8,15,18-19,24H,1-4,9-14H2,(H,22,26)(H,23,27). The van der Waals surface area contributed by atoms with E-state index in [4.69, 9.17) is 4.74 Å². The van der Waals surface area contributed by atoms with E-state index in [9.17, 15) is 9.59 Å². The largest absolute Gasteiger partial charge is 0.379 e. The van der Waals surface area contributed by atoms with E-state index in [-0.39, 0.29) is 17.9 Å². The first-order valence-corrected chi connectivity index (χ1v) is 10.4. The number of fused-ring (bicyclic) bond motifs is 1. The molecule has 28 heavy (non-hydrogen) atoms. The highest BCUT2D eigenvalue weighted by Gasteiger charge is 2.38. The zero-order valence-corrected chi connectivity index (χ0v) is 16.3. The summed E-state index contributed by atoms with van der Waals surface area (Å²) in [6.07, 6.45) is 5.91. The first-order chi connectivity index (χ1) is 13.7. The number of anilines is 2. The Morgan fingerprint density at radius 2 is 1.71 bits per heavy atom. The molecule has 4 rings (SSSR count). The minimum atomic E-state index is -0.0963. The average molecular weight is 386 g/mol. The summed E-state index contributed by atoms with van der Waals surface area (Å²) in [5.41, 5.74) is 1.49. The predicted octanol–water partition coefficient (Wildman–Crippen LogP) is 1.82. The molecule has 3 unspecified atom stereocenters. The fourth-order valence-corrected chi connectivity index (χ4v) is 4.55. The summed E-state index contributed by atoms with van der Waals surface area (Å²) in [6.45, 7) is 3.31. The van der Waals surface area contributed by atoms with E-state index >= 15 is 0 Å². The Labute approximate surface area is 166 Å². The molecule has 2 amide bonds. The Balaban J connectivity index is 1.25. The lowest BCUT2D eigenvalue weighted by Crippen LogP contribution is -2.41. The van der Waals surface area contributed by atoms with Gasteiger partial charge in [-0.3, -0.25) is 14.5 Å². The maximum atomic E-state index is 12.6. The van der Waals surface area contributed by atoms with Crippen molar-refractivity contribution in [3.8, 4) is 0 Å². The highest BCUT2D eigenvalue weighted by Crippen LogP contribution is 2.33.